The van der Waals surface area contributed by atoms with Crippen LogP contribution in [0, 0.1) is 0 Å². The molecule has 2 unspecified atom stereocenters. The number of hydrogen-bond acceptors (Lipinski definition) is 5. The normalized spacial score (nSPS) is 25.4. The standard InChI is InChI=1S/C17H27N3O3/c1-4-13-12(15(5-2)23-18-13)10-17(21)20-7-6-16-14(11-20)19(3)8-9-22-16/h14,16H,4-11H2,1-3H3. The van der Waals surface area contributed by atoms with E-state index in [0.29, 0.717) is 12.5 Å². The average Bonchev–Trinajstić information content (AvgIpc) is 2.96. The van der Waals surface area contributed by atoms with Gasteiger partial charge in [0.25, 0.3) is 0 Å². The number of carbonyl (C=O) groups is 1. The van der Waals surface area contributed by atoms with Gasteiger partial charge < -0.3 is 14.2 Å². The molecule has 0 saturated carbocycles. The molecule has 0 N–H and O–H groups in total. The van der Waals surface area contributed by atoms with Crippen molar-refractivity contribution in [1.29, 1.82) is 0 Å². The topological polar surface area (TPSA) is 58.8 Å². The second-order valence-electron chi connectivity index (χ2n) is 6.50. The number of ether oxygens (including phenoxy) is 1. The summed E-state index contributed by atoms with van der Waals surface area (Å²) in [4.78, 5) is 17.1. The number of aryl methyl sites for hydroxylation is 2. The Kier molecular flexibility index (Phi) is 5.02. The van der Waals surface area contributed by atoms with E-state index in [2.05, 4.69) is 17.1 Å². The molecule has 0 spiro atoms. The number of fused-ring (bicyclic) bond motifs is 1. The minimum Gasteiger partial charge on any atom is -0.375 e. The molecule has 1 amide bonds. The van der Waals surface area contributed by atoms with Crippen LogP contribution in [0.1, 0.15) is 37.3 Å². The number of amides is 1. The Balaban J connectivity index is 1.68. The molecule has 6 heteroatoms. The molecule has 3 rings (SSSR count). The maximum atomic E-state index is 12.8. The van der Waals surface area contributed by atoms with E-state index in [1.54, 1.807) is 0 Å². The van der Waals surface area contributed by atoms with Crippen LogP contribution >= 0.6 is 0 Å². The molecule has 2 fully saturated rings. The molecule has 3 heterocycles. The Bertz CT molecular complexity index is 536. The predicted octanol–water partition coefficient (Wildman–Crippen LogP) is 1.27. The molecule has 23 heavy (non-hydrogen) atoms. The minimum atomic E-state index is 0.176. The summed E-state index contributed by atoms with van der Waals surface area (Å²) in [6, 6.07) is 0.320. The molecule has 2 aliphatic heterocycles. The van der Waals surface area contributed by atoms with Crippen LogP contribution in [-0.2, 0) is 28.8 Å². The van der Waals surface area contributed by atoms with E-state index >= 15 is 0 Å². The van der Waals surface area contributed by atoms with Crippen molar-refractivity contribution in [2.45, 2.75) is 51.7 Å². The zero-order valence-electron chi connectivity index (χ0n) is 14.4. The second-order valence-corrected chi connectivity index (χ2v) is 6.50. The lowest BCUT2D eigenvalue weighted by molar-refractivity contribution is -0.140. The Morgan fingerprint density at radius 3 is 2.87 bits per heavy atom. The Morgan fingerprint density at radius 1 is 1.30 bits per heavy atom. The third kappa shape index (κ3) is 3.28. The van der Waals surface area contributed by atoms with Crippen LogP contribution in [0.5, 0.6) is 0 Å². The third-order valence-corrected chi connectivity index (χ3v) is 5.15. The summed E-state index contributed by atoms with van der Waals surface area (Å²) in [6.07, 6.45) is 3.17. The lowest BCUT2D eigenvalue weighted by Crippen LogP contribution is -2.59. The van der Waals surface area contributed by atoms with Crippen molar-refractivity contribution < 1.29 is 14.1 Å². The Morgan fingerprint density at radius 2 is 2.13 bits per heavy atom. The summed E-state index contributed by atoms with van der Waals surface area (Å²) >= 11 is 0. The summed E-state index contributed by atoms with van der Waals surface area (Å²) in [6.45, 7) is 7.36. The molecular formula is C17H27N3O3. The van der Waals surface area contributed by atoms with Gasteiger partial charge in [-0.3, -0.25) is 9.69 Å². The van der Waals surface area contributed by atoms with Gasteiger partial charge in [0, 0.05) is 31.6 Å². The fourth-order valence-electron chi connectivity index (χ4n) is 3.67. The third-order valence-electron chi connectivity index (χ3n) is 5.15. The van der Waals surface area contributed by atoms with Gasteiger partial charge in [0.2, 0.25) is 5.91 Å². The van der Waals surface area contributed by atoms with Crippen LogP contribution in [0.3, 0.4) is 0 Å². The van der Waals surface area contributed by atoms with E-state index in [-0.39, 0.29) is 12.0 Å². The fourth-order valence-corrected chi connectivity index (χ4v) is 3.67. The van der Waals surface area contributed by atoms with Crippen LogP contribution < -0.4 is 0 Å². The van der Waals surface area contributed by atoms with Crippen molar-refractivity contribution in [2.75, 3.05) is 33.3 Å². The Labute approximate surface area is 137 Å². The molecule has 2 atom stereocenters. The van der Waals surface area contributed by atoms with Gasteiger partial charge in [0.05, 0.1) is 30.9 Å². The number of nitrogens with zero attached hydrogens (tertiary/aromatic N) is 3. The van der Waals surface area contributed by atoms with E-state index in [9.17, 15) is 4.79 Å². The van der Waals surface area contributed by atoms with E-state index in [4.69, 9.17) is 9.26 Å². The lowest BCUT2D eigenvalue weighted by atomic mass is 9.98. The van der Waals surface area contributed by atoms with Crippen molar-refractivity contribution in [2.24, 2.45) is 0 Å². The van der Waals surface area contributed by atoms with Crippen LogP contribution in [0.25, 0.3) is 0 Å². The van der Waals surface area contributed by atoms with Crippen molar-refractivity contribution in [3.05, 3.63) is 17.0 Å². The first-order valence-electron chi connectivity index (χ1n) is 8.69. The van der Waals surface area contributed by atoms with Crippen molar-refractivity contribution in [3.63, 3.8) is 0 Å². The van der Waals surface area contributed by atoms with Crippen LogP contribution in [0.15, 0.2) is 4.52 Å². The van der Waals surface area contributed by atoms with Crippen molar-refractivity contribution >= 4 is 5.91 Å². The largest absolute Gasteiger partial charge is 0.375 e. The number of piperidine rings is 1. The van der Waals surface area contributed by atoms with Gasteiger partial charge in [-0.2, -0.15) is 0 Å². The SMILES string of the molecule is CCc1noc(CC)c1CC(=O)N1CCC2OCCN(C)C2C1. The quantitative estimate of drug-likeness (QED) is 0.836. The lowest BCUT2D eigenvalue weighted by Gasteiger charge is -2.45. The molecule has 6 nitrogen and oxygen atoms in total. The first kappa shape index (κ1) is 16.5. The van der Waals surface area contributed by atoms with Gasteiger partial charge in [-0.1, -0.05) is 19.0 Å². The highest BCUT2D eigenvalue weighted by atomic mass is 16.5. The maximum absolute atomic E-state index is 12.8. The highest BCUT2D eigenvalue weighted by Crippen LogP contribution is 2.23. The number of likely N-dealkylation sites (N-methyl/N-ethyl adjacent to an activating group) is 1. The van der Waals surface area contributed by atoms with Gasteiger partial charge in [-0.25, -0.2) is 0 Å². The van der Waals surface area contributed by atoms with Gasteiger partial charge in [-0.05, 0) is 19.9 Å². The van der Waals surface area contributed by atoms with Gasteiger partial charge >= 0.3 is 0 Å². The molecular weight excluding hydrogens is 294 g/mol. The summed E-state index contributed by atoms with van der Waals surface area (Å²) < 4.78 is 11.2. The summed E-state index contributed by atoms with van der Waals surface area (Å²) in [5, 5.41) is 4.11. The number of aromatic nitrogens is 1. The number of carbonyl (C=O) groups excluding carboxylic acids is 1. The minimum absolute atomic E-state index is 0.176. The van der Waals surface area contributed by atoms with Gasteiger partial charge in [0.15, 0.2) is 0 Å². The zero-order valence-corrected chi connectivity index (χ0v) is 14.4. The molecule has 0 radical (unpaired) electrons. The smallest absolute Gasteiger partial charge is 0.227 e. The molecule has 1 aromatic heterocycles. The van der Waals surface area contributed by atoms with Crippen molar-refractivity contribution in [3.8, 4) is 0 Å². The summed E-state index contributed by atoms with van der Waals surface area (Å²) in [5.41, 5.74) is 1.92. The monoisotopic (exact) mass is 321 g/mol. The average molecular weight is 321 g/mol. The van der Waals surface area contributed by atoms with Crippen LogP contribution in [-0.4, -0.2) is 66.3 Å². The van der Waals surface area contributed by atoms with E-state index in [0.717, 1.165) is 62.5 Å². The van der Waals surface area contributed by atoms with Crippen LogP contribution in [0.4, 0.5) is 0 Å². The molecule has 0 aliphatic carbocycles. The van der Waals surface area contributed by atoms with E-state index in [1.165, 1.54) is 0 Å². The van der Waals surface area contributed by atoms with Crippen LogP contribution in [0.2, 0.25) is 0 Å². The molecule has 2 aliphatic rings. The zero-order chi connectivity index (χ0) is 16.4. The molecule has 0 aromatic carbocycles. The number of likely N-dealkylation sites (tertiary alicyclic amines) is 1. The highest BCUT2D eigenvalue weighted by molar-refractivity contribution is 5.79. The second kappa shape index (κ2) is 7.01. The first-order chi connectivity index (χ1) is 11.1. The number of hydrogen-bond donors (Lipinski definition) is 0. The predicted molar refractivity (Wildman–Crippen MR) is 86.3 cm³/mol. The summed E-state index contributed by atoms with van der Waals surface area (Å²) in [7, 11) is 2.12. The molecule has 128 valence electrons. The maximum Gasteiger partial charge on any atom is 0.227 e. The van der Waals surface area contributed by atoms with Crippen molar-refractivity contribution in [1.82, 2.24) is 15.0 Å². The fraction of sp³-hybridized carbons (Fsp3) is 0.765. The Hall–Kier alpha value is -1.40. The van der Waals surface area contributed by atoms with E-state index < -0.39 is 0 Å². The molecule has 2 saturated heterocycles. The molecule has 1 aromatic rings. The number of rotatable bonds is 4. The highest BCUT2D eigenvalue weighted by Gasteiger charge is 2.37. The van der Waals surface area contributed by atoms with E-state index in [1.807, 2.05) is 18.7 Å². The summed E-state index contributed by atoms with van der Waals surface area (Å²) in [5.74, 6) is 1.03. The number of morpholine rings is 1. The van der Waals surface area contributed by atoms with Gasteiger partial charge in [0.1, 0.15) is 5.76 Å². The first-order valence-corrected chi connectivity index (χ1v) is 8.69. The van der Waals surface area contributed by atoms with Gasteiger partial charge in [-0.15, -0.1) is 0 Å². The molecule has 0 bridgehead atoms.